The Labute approximate surface area is 154 Å². The molecule has 138 valence electrons. The molecule has 4 rings (SSSR count). The molecule has 0 spiro atoms. The van der Waals surface area contributed by atoms with Crippen molar-refractivity contribution in [1.82, 2.24) is 0 Å². The van der Waals surface area contributed by atoms with E-state index in [-0.39, 0.29) is 17.4 Å². The van der Waals surface area contributed by atoms with Gasteiger partial charge < -0.3 is 23.8 Å². The fraction of sp³-hybridized carbons (Fsp3) is 0.200. The van der Waals surface area contributed by atoms with Crippen LogP contribution in [0.4, 0.5) is 0 Å². The minimum absolute atomic E-state index is 0.0211. The molecular formula is C20H17NO6. The second-order valence-electron chi connectivity index (χ2n) is 6.08. The lowest BCUT2D eigenvalue weighted by Crippen LogP contribution is -2.05. The number of aromatic hydroxyl groups is 1. The highest BCUT2D eigenvalue weighted by molar-refractivity contribution is 6.11. The van der Waals surface area contributed by atoms with E-state index in [0.717, 1.165) is 5.56 Å². The summed E-state index contributed by atoms with van der Waals surface area (Å²) in [5.74, 6) is 1.19. The number of rotatable bonds is 4. The Balaban J connectivity index is 1.69. The van der Waals surface area contributed by atoms with E-state index in [1.165, 1.54) is 6.07 Å². The van der Waals surface area contributed by atoms with E-state index in [0.29, 0.717) is 34.6 Å². The monoisotopic (exact) mass is 367 g/mol. The Kier molecular flexibility index (Phi) is 4.19. The number of ether oxygens (including phenoxy) is 2. The lowest BCUT2D eigenvalue weighted by molar-refractivity contribution is 0.0855. The molecule has 0 saturated carbocycles. The van der Waals surface area contributed by atoms with Crippen molar-refractivity contribution in [1.29, 1.82) is 0 Å². The van der Waals surface area contributed by atoms with Gasteiger partial charge in [-0.3, -0.25) is 0 Å². The molecule has 0 amide bonds. The molecule has 0 bridgehead atoms. The number of hydrogen-bond donors (Lipinski definition) is 1. The third kappa shape index (κ3) is 2.97. The second kappa shape index (κ2) is 6.68. The number of methoxy groups -OCH3 is 2. The van der Waals surface area contributed by atoms with Crippen molar-refractivity contribution in [2.45, 2.75) is 12.5 Å². The van der Waals surface area contributed by atoms with Gasteiger partial charge in [-0.15, -0.1) is 0 Å². The molecule has 1 aromatic heterocycles. The van der Waals surface area contributed by atoms with Crippen LogP contribution in [0, 0.1) is 0 Å². The van der Waals surface area contributed by atoms with Gasteiger partial charge >= 0.3 is 5.63 Å². The first-order valence-electron chi connectivity index (χ1n) is 8.31. The van der Waals surface area contributed by atoms with E-state index < -0.39 is 5.63 Å². The van der Waals surface area contributed by atoms with E-state index >= 15 is 0 Å². The number of fused-ring (bicyclic) bond motifs is 1. The van der Waals surface area contributed by atoms with E-state index in [1.54, 1.807) is 38.5 Å². The van der Waals surface area contributed by atoms with Crippen LogP contribution in [0.5, 0.6) is 17.2 Å². The maximum atomic E-state index is 11.6. The lowest BCUT2D eigenvalue weighted by Gasteiger charge is -2.13. The van der Waals surface area contributed by atoms with Gasteiger partial charge in [-0.2, -0.15) is 0 Å². The van der Waals surface area contributed by atoms with Crippen molar-refractivity contribution in [2.24, 2.45) is 5.16 Å². The molecule has 0 fully saturated rings. The largest absolute Gasteiger partial charge is 0.507 e. The summed E-state index contributed by atoms with van der Waals surface area (Å²) in [6.07, 6.45) is 0.0470. The first-order chi connectivity index (χ1) is 13.1. The average Bonchev–Trinajstić information content (AvgIpc) is 3.16. The SMILES string of the molecule is COc1ccc(C2CC(c3c(O)ccc4ccc(=O)oc34)=NO2)cc1OC. The molecule has 7 heteroatoms. The van der Waals surface area contributed by atoms with Crippen LogP contribution in [0.25, 0.3) is 11.0 Å². The summed E-state index contributed by atoms with van der Waals surface area (Å²) in [6, 6.07) is 11.7. The highest BCUT2D eigenvalue weighted by atomic mass is 16.6. The standard InChI is InChI=1S/C20H17NO6/c1-24-15-7-4-12(9-17(15)25-2)16-10-13(21-27-16)19-14(22)6-3-11-5-8-18(23)26-20(11)19/h3-9,16,22H,10H2,1-2H3. The predicted octanol–water partition coefficient (Wildman–Crippen LogP) is 3.38. The van der Waals surface area contributed by atoms with Crippen molar-refractivity contribution >= 4 is 16.7 Å². The van der Waals surface area contributed by atoms with Gasteiger partial charge in [0.1, 0.15) is 5.75 Å². The molecule has 3 aromatic rings. The van der Waals surface area contributed by atoms with Crippen molar-refractivity contribution in [3.05, 3.63) is 64.0 Å². The van der Waals surface area contributed by atoms with Gasteiger partial charge in [0.15, 0.2) is 23.2 Å². The van der Waals surface area contributed by atoms with Crippen molar-refractivity contribution in [2.75, 3.05) is 14.2 Å². The van der Waals surface area contributed by atoms with E-state index in [9.17, 15) is 9.90 Å². The number of oxime groups is 1. The minimum Gasteiger partial charge on any atom is -0.507 e. The number of phenols is 1. The zero-order chi connectivity index (χ0) is 19.0. The first kappa shape index (κ1) is 17.0. The lowest BCUT2D eigenvalue weighted by atomic mass is 9.98. The Bertz CT molecular complexity index is 1100. The molecule has 27 heavy (non-hydrogen) atoms. The molecule has 0 aliphatic carbocycles. The van der Waals surface area contributed by atoms with Gasteiger partial charge in [0.25, 0.3) is 0 Å². The highest BCUT2D eigenvalue weighted by Gasteiger charge is 2.28. The van der Waals surface area contributed by atoms with Crippen LogP contribution in [-0.4, -0.2) is 25.0 Å². The summed E-state index contributed by atoms with van der Waals surface area (Å²) in [5, 5.41) is 15.2. The van der Waals surface area contributed by atoms with E-state index in [4.69, 9.17) is 18.7 Å². The van der Waals surface area contributed by atoms with Gasteiger partial charge in [0.2, 0.25) is 0 Å². The zero-order valence-corrected chi connectivity index (χ0v) is 14.8. The van der Waals surface area contributed by atoms with Crippen LogP contribution in [0.15, 0.2) is 56.8 Å². The normalized spacial score (nSPS) is 16.1. The Morgan fingerprint density at radius 2 is 1.85 bits per heavy atom. The summed E-state index contributed by atoms with van der Waals surface area (Å²) in [4.78, 5) is 17.2. The summed E-state index contributed by atoms with van der Waals surface area (Å²) < 4.78 is 15.9. The number of benzene rings is 2. The zero-order valence-electron chi connectivity index (χ0n) is 14.8. The second-order valence-corrected chi connectivity index (χ2v) is 6.08. The van der Waals surface area contributed by atoms with Crippen molar-refractivity contribution in [3.8, 4) is 17.2 Å². The molecule has 1 aliphatic rings. The van der Waals surface area contributed by atoms with Crippen LogP contribution < -0.4 is 15.1 Å². The van der Waals surface area contributed by atoms with Crippen LogP contribution in [0.1, 0.15) is 23.7 Å². The quantitative estimate of drug-likeness (QED) is 0.711. The molecule has 2 heterocycles. The highest BCUT2D eigenvalue weighted by Crippen LogP contribution is 2.38. The first-order valence-corrected chi connectivity index (χ1v) is 8.31. The molecule has 1 atom stereocenters. The van der Waals surface area contributed by atoms with E-state index in [1.807, 2.05) is 12.1 Å². The average molecular weight is 367 g/mol. The topological polar surface area (TPSA) is 90.5 Å². The Hall–Kier alpha value is -3.48. The van der Waals surface area contributed by atoms with Crippen LogP contribution in [0.2, 0.25) is 0 Å². The van der Waals surface area contributed by atoms with Crippen LogP contribution in [0.3, 0.4) is 0 Å². The fourth-order valence-corrected chi connectivity index (χ4v) is 3.16. The van der Waals surface area contributed by atoms with Crippen LogP contribution in [-0.2, 0) is 4.84 Å². The number of nitrogens with zero attached hydrogens (tertiary/aromatic N) is 1. The molecule has 7 nitrogen and oxygen atoms in total. The predicted molar refractivity (Wildman–Crippen MR) is 98.7 cm³/mol. The molecule has 0 saturated heterocycles. The van der Waals surface area contributed by atoms with Gasteiger partial charge in [-0.05, 0) is 35.9 Å². The Morgan fingerprint density at radius 1 is 1.07 bits per heavy atom. The third-order valence-corrected chi connectivity index (χ3v) is 4.50. The Morgan fingerprint density at radius 3 is 2.63 bits per heavy atom. The smallest absolute Gasteiger partial charge is 0.336 e. The molecule has 1 unspecified atom stereocenters. The van der Waals surface area contributed by atoms with E-state index in [2.05, 4.69) is 5.16 Å². The molecule has 1 aliphatic heterocycles. The van der Waals surface area contributed by atoms with Crippen LogP contribution >= 0.6 is 0 Å². The minimum atomic E-state index is -0.495. The molecule has 0 radical (unpaired) electrons. The van der Waals surface area contributed by atoms with Gasteiger partial charge in [-0.25, -0.2) is 4.79 Å². The number of hydrogen-bond acceptors (Lipinski definition) is 7. The summed E-state index contributed by atoms with van der Waals surface area (Å²) >= 11 is 0. The van der Waals surface area contributed by atoms with Gasteiger partial charge in [-0.1, -0.05) is 11.2 Å². The number of phenolic OH excluding ortho intramolecular Hbond substituents is 1. The van der Waals surface area contributed by atoms with Crippen molar-refractivity contribution < 1.29 is 23.8 Å². The fourth-order valence-electron chi connectivity index (χ4n) is 3.16. The third-order valence-electron chi connectivity index (χ3n) is 4.50. The molecule has 2 aromatic carbocycles. The maximum Gasteiger partial charge on any atom is 0.336 e. The summed E-state index contributed by atoms with van der Waals surface area (Å²) in [5.41, 5.74) is 1.52. The van der Waals surface area contributed by atoms with Gasteiger partial charge in [0, 0.05) is 17.9 Å². The summed E-state index contributed by atoms with van der Waals surface area (Å²) in [6.45, 7) is 0. The maximum absolute atomic E-state index is 11.6. The molecule has 1 N–H and O–H groups in total. The molecular weight excluding hydrogens is 350 g/mol. The summed E-state index contributed by atoms with van der Waals surface area (Å²) in [7, 11) is 3.14. The van der Waals surface area contributed by atoms with Crippen molar-refractivity contribution in [3.63, 3.8) is 0 Å². The van der Waals surface area contributed by atoms with Gasteiger partial charge in [0.05, 0.1) is 25.5 Å².